The Morgan fingerprint density at radius 3 is 2.54 bits per heavy atom. The molecule has 124 valence electrons. The van der Waals surface area contributed by atoms with Gasteiger partial charge in [-0.25, -0.2) is 4.39 Å². The van der Waals surface area contributed by atoms with E-state index >= 15 is 0 Å². The number of carbonyl (C=O) groups is 2. The molecule has 24 heavy (non-hydrogen) atoms. The minimum Gasteiger partial charge on any atom is -0.481 e. The summed E-state index contributed by atoms with van der Waals surface area (Å²) in [6.07, 6.45) is 1.69. The van der Waals surface area contributed by atoms with Gasteiger partial charge in [0, 0.05) is 17.7 Å². The van der Waals surface area contributed by atoms with E-state index < -0.39 is 11.4 Å². The minimum atomic E-state index is -0.860. The Hall–Kier alpha value is -2.69. The lowest BCUT2D eigenvalue weighted by Crippen LogP contribution is -2.28. The minimum absolute atomic E-state index is 0.0383. The fourth-order valence-corrected chi connectivity index (χ4v) is 2.90. The second kappa shape index (κ2) is 6.43. The number of amides is 1. The molecule has 4 nitrogen and oxygen atoms in total. The third kappa shape index (κ3) is 3.30. The number of benzene rings is 2. The van der Waals surface area contributed by atoms with Crippen LogP contribution in [0.15, 0.2) is 48.5 Å². The zero-order valence-electron chi connectivity index (χ0n) is 13.1. The van der Waals surface area contributed by atoms with Crippen LogP contribution in [0.5, 0.6) is 0 Å². The van der Waals surface area contributed by atoms with E-state index in [1.54, 1.807) is 36.4 Å². The number of hydrogen-bond donors (Lipinski definition) is 2. The maximum atomic E-state index is 14.0. The van der Waals surface area contributed by atoms with Gasteiger partial charge < -0.3 is 10.4 Å². The van der Waals surface area contributed by atoms with Crippen molar-refractivity contribution >= 4 is 17.6 Å². The Morgan fingerprint density at radius 1 is 1.12 bits per heavy atom. The molecule has 0 saturated heterocycles. The lowest BCUT2D eigenvalue weighted by Gasteiger charge is -2.17. The molecule has 1 saturated carbocycles. The molecule has 1 aliphatic carbocycles. The number of aliphatic carboxylic acids is 1. The highest BCUT2D eigenvalue weighted by Gasteiger charge is 2.52. The third-order valence-corrected chi connectivity index (χ3v) is 4.39. The zero-order chi connectivity index (χ0) is 17.2. The fraction of sp³-hybridized carbons (Fsp3) is 0.263. The number of carbonyl (C=O) groups excluding carboxylic acids is 1. The number of hydrogen-bond acceptors (Lipinski definition) is 2. The fourth-order valence-electron chi connectivity index (χ4n) is 2.90. The molecule has 2 aromatic rings. The number of rotatable bonds is 6. The smallest absolute Gasteiger partial charge is 0.303 e. The summed E-state index contributed by atoms with van der Waals surface area (Å²) in [6.45, 7) is 0. The van der Waals surface area contributed by atoms with Crippen LogP contribution >= 0.6 is 0 Å². The Labute approximate surface area is 139 Å². The summed E-state index contributed by atoms with van der Waals surface area (Å²) in [7, 11) is 0. The topological polar surface area (TPSA) is 66.4 Å². The van der Waals surface area contributed by atoms with Crippen molar-refractivity contribution in [2.45, 2.75) is 31.1 Å². The van der Waals surface area contributed by atoms with Crippen molar-refractivity contribution in [3.8, 4) is 0 Å². The van der Waals surface area contributed by atoms with E-state index in [4.69, 9.17) is 5.11 Å². The highest BCUT2D eigenvalue weighted by molar-refractivity contribution is 6.01. The van der Waals surface area contributed by atoms with Gasteiger partial charge in [0.2, 0.25) is 5.91 Å². The first-order chi connectivity index (χ1) is 11.5. The number of aryl methyl sites for hydroxylation is 1. The number of nitrogens with one attached hydrogen (secondary N) is 1. The summed E-state index contributed by atoms with van der Waals surface area (Å²) in [5.74, 6) is -1.44. The number of carboxylic acids is 1. The molecule has 0 heterocycles. The maximum absolute atomic E-state index is 14.0. The van der Waals surface area contributed by atoms with E-state index in [0.29, 0.717) is 30.5 Å². The lowest BCUT2D eigenvalue weighted by atomic mass is 9.94. The van der Waals surface area contributed by atoms with Gasteiger partial charge in [0.25, 0.3) is 0 Å². The summed E-state index contributed by atoms with van der Waals surface area (Å²) in [6, 6.07) is 13.5. The first kappa shape index (κ1) is 16.2. The van der Waals surface area contributed by atoms with E-state index in [0.717, 1.165) is 5.56 Å². The van der Waals surface area contributed by atoms with E-state index in [2.05, 4.69) is 5.32 Å². The van der Waals surface area contributed by atoms with Crippen LogP contribution in [-0.2, 0) is 21.4 Å². The van der Waals surface area contributed by atoms with Gasteiger partial charge in [-0.15, -0.1) is 0 Å². The first-order valence-corrected chi connectivity index (χ1v) is 7.88. The average Bonchev–Trinajstić information content (AvgIpc) is 3.35. The van der Waals surface area contributed by atoms with Crippen molar-refractivity contribution in [3.05, 3.63) is 65.5 Å². The highest BCUT2D eigenvalue weighted by atomic mass is 19.1. The van der Waals surface area contributed by atoms with Crippen LogP contribution in [-0.4, -0.2) is 17.0 Å². The Bertz CT molecular complexity index is 784. The molecule has 0 aromatic heterocycles. The first-order valence-electron chi connectivity index (χ1n) is 7.88. The van der Waals surface area contributed by atoms with Gasteiger partial charge in [0.15, 0.2) is 0 Å². The van der Waals surface area contributed by atoms with Crippen molar-refractivity contribution in [1.82, 2.24) is 0 Å². The third-order valence-electron chi connectivity index (χ3n) is 4.39. The summed E-state index contributed by atoms with van der Waals surface area (Å²) in [5, 5.41) is 11.6. The van der Waals surface area contributed by atoms with Gasteiger partial charge in [-0.05, 0) is 43.0 Å². The highest BCUT2D eigenvalue weighted by Crippen LogP contribution is 2.49. The number of anilines is 1. The van der Waals surface area contributed by atoms with Crippen LogP contribution in [0.25, 0.3) is 0 Å². The van der Waals surface area contributed by atoms with Crippen LogP contribution in [0.1, 0.15) is 30.4 Å². The van der Waals surface area contributed by atoms with Crippen molar-refractivity contribution in [2.24, 2.45) is 0 Å². The van der Waals surface area contributed by atoms with Gasteiger partial charge in [0.1, 0.15) is 5.82 Å². The van der Waals surface area contributed by atoms with Gasteiger partial charge in [-0.3, -0.25) is 9.59 Å². The lowest BCUT2D eigenvalue weighted by molar-refractivity contribution is -0.137. The molecule has 0 bridgehead atoms. The number of carboxylic acid groups (broad SMARTS) is 1. The molecule has 0 unspecified atom stereocenters. The molecule has 0 atom stereocenters. The second-order valence-electron chi connectivity index (χ2n) is 6.11. The predicted octanol–water partition coefficient (Wildman–Crippen LogP) is 3.51. The molecule has 0 spiro atoms. The van der Waals surface area contributed by atoms with Gasteiger partial charge in [-0.1, -0.05) is 30.3 Å². The molecule has 2 aromatic carbocycles. The standard InChI is InChI=1S/C19H18FNO3/c20-16-7-2-1-6-15(16)19(10-11-19)18(24)21-14-5-3-4-13(12-14)8-9-17(22)23/h1-7,12H,8-11H2,(H,21,24)(H,22,23). The monoisotopic (exact) mass is 327 g/mol. The van der Waals surface area contributed by atoms with E-state index in [1.807, 2.05) is 6.07 Å². The summed E-state index contributed by atoms with van der Waals surface area (Å²) < 4.78 is 14.0. The van der Waals surface area contributed by atoms with Crippen molar-refractivity contribution in [2.75, 3.05) is 5.32 Å². The van der Waals surface area contributed by atoms with E-state index in [9.17, 15) is 14.0 Å². The molecule has 5 heteroatoms. The second-order valence-corrected chi connectivity index (χ2v) is 6.11. The molecular formula is C19H18FNO3. The number of halogens is 1. The molecule has 2 N–H and O–H groups in total. The van der Waals surface area contributed by atoms with Crippen LogP contribution in [0.2, 0.25) is 0 Å². The SMILES string of the molecule is O=C(O)CCc1cccc(NC(=O)C2(c3ccccc3F)CC2)c1. The summed E-state index contributed by atoms with van der Waals surface area (Å²) in [4.78, 5) is 23.3. The molecular weight excluding hydrogens is 309 g/mol. The van der Waals surface area contributed by atoms with Gasteiger partial charge in [-0.2, -0.15) is 0 Å². The van der Waals surface area contributed by atoms with Gasteiger partial charge >= 0.3 is 5.97 Å². The Morgan fingerprint density at radius 2 is 1.88 bits per heavy atom. The molecule has 3 rings (SSSR count). The van der Waals surface area contributed by atoms with Crippen LogP contribution in [0.4, 0.5) is 10.1 Å². The zero-order valence-corrected chi connectivity index (χ0v) is 13.1. The van der Waals surface area contributed by atoms with Crippen molar-refractivity contribution < 1.29 is 19.1 Å². The predicted molar refractivity (Wildman–Crippen MR) is 88.3 cm³/mol. The Balaban J connectivity index is 1.75. The van der Waals surface area contributed by atoms with Crippen molar-refractivity contribution in [3.63, 3.8) is 0 Å². The van der Waals surface area contributed by atoms with Crippen molar-refractivity contribution in [1.29, 1.82) is 0 Å². The van der Waals surface area contributed by atoms with Crippen LogP contribution in [0.3, 0.4) is 0 Å². The average molecular weight is 327 g/mol. The largest absolute Gasteiger partial charge is 0.481 e. The van der Waals surface area contributed by atoms with Crippen LogP contribution in [0, 0.1) is 5.82 Å². The Kier molecular flexibility index (Phi) is 4.34. The summed E-state index contributed by atoms with van der Waals surface area (Å²) in [5.41, 5.74) is 1.09. The normalized spacial score (nSPS) is 14.9. The molecule has 1 amide bonds. The van der Waals surface area contributed by atoms with E-state index in [-0.39, 0.29) is 18.1 Å². The van der Waals surface area contributed by atoms with Gasteiger partial charge in [0.05, 0.1) is 5.41 Å². The molecule has 0 aliphatic heterocycles. The van der Waals surface area contributed by atoms with Crippen LogP contribution < -0.4 is 5.32 Å². The molecule has 1 aliphatic rings. The molecule has 0 radical (unpaired) electrons. The quantitative estimate of drug-likeness (QED) is 0.853. The maximum Gasteiger partial charge on any atom is 0.303 e. The molecule has 1 fully saturated rings. The summed E-state index contributed by atoms with van der Waals surface area (Å²) >= 11 is 0. The van der Waals surface area contributed by atoms with E-state index in [1.165, 1.54) is 6.07 Å².